The molecule has 0 N–H and O–H groups in total. The molecular weight excluding hydrogens is 316 g/mol. The van der Waals surface area contributed by atoms with Gasteiger partial charge in [-0.3, -0.25) is 0 Å². The minimum absolute atomic E-state index is 0.113. The Morgan fingerprint density at radius 3 is 2.53 bits per heavy atom. The number of halogens is 3. The van der Waals surface area contributed by atoms with Gasteiger partial charge in [0.1, 0.15) is 0 Å². The molecular formula is C10H10BrF2NO2S. The number of benzene rings is 1. The molecule has 1 aromatic carbocycles. The summed E-state index contributed by atoms with van der Waals surface area (Å²) in [4.78, 5) is -0.0967. The highest BCUT2D eigenvalue weighted by molar-refractivity contribution is 9.09. The summed E-state index contributed by atoms with van der Waals surface area (Å²) < 4.78 is 51.1. The minimum Gasteiger partial charge on any atom is -0.207 e. The van der Waals surface area contributed by atoms with E-state index in [-0.39, 0.29) is 9.72 Å². The molecule has 0 saturated carbocycles. The SMILES string of the molecule is O=S(=O)(c1ccc(F)c(F)c1)N1CCC(Br)C1. The molecule has 0 aliphatic carbocycles. The molecule has 0 bridgehead atoms. The van der Waals surface area contributed by atoms with E-state index in [2.05, 4.69) is 15.9 Å². The lowest BCUT2D eigenvalue weighted by Crippen LogP contribution is -2.29. The van der Waals surface area contributed by atoms with Crippen molar-refractivity contribution < 1.29 is 17.2 Å². The van der Waals surface area contributed by atoms with Gasteiger partial charge in [-0.2, -0.15) is 4.31 Å². The van der Waals surface area contributed by atoms with Gasteiger partial charge < -0.3 is 0 Å². The summed E-state index contributed by atoms with van der Waals surface area (Å²) in [6.45, 7) is 0.735. The number of sulfonamides is 1. The highest BCUT2D eigenvalue weighted by Gasteiger charge is 2.31. The standard InChI is InChI=1S/C10H10BrF2NO2S/c11-7-3-4-14(6-7)17(15,16)8-1-2-9(12)10(13)5-8/h1-2,5,7H,3-4,6H2. The number of hydrogen-bond acceptors (Lipinski definition) is 2. The molecule has 1 unspecified atom stereocenters. The average Bonchev–Trinajstić information content (AvgIpc) is 2.69. The molecule has 1 saturated heterocycles. The first-order valence-electron chi connectivity index (χ1n) is 5.00. The molecule has 1 fully saturated rings. The number of rotatable bonds is 2. The van der Waals surface area contributed by atoms with E-state index in [0.717, 1.165) is 12.1 Å². The van der Waals surface area contributed by atoms with Gasteiger partial charge in [0.15, 0.2) is 11.6 Å². The molecule has 0 aromatic heterocycles. The average molecular weight is 326 g/mol. The third kappa shape index (κ3) is 2.51. The summed E-state index contributed by atoms with van der Waals surface area (Å²) in [7, 11) is -3.71. The second kappa shape index (κ2) is 4.62. The van der Waals surface area contributed by atoms with Crippen LogP contribution in [-0.2, 0) is 10.0 Å². The van der Waals surface area contributed by atoms with Crippen molar-refractivity contribution in [3.05, 3.63) is 29.8 Å². The molecule has 3 nitrogen and oxygen atoms in total. The van der Waals surface area contributed by atoms with Crippen LogP contribution in [0.4, 0.5) is 8.78 Å². The van der Waals surface area contributed by atoms with E-state index in [0.29, 0.717) is 25.6 Å². The quantitative estimate of drug-likeness (QED) is 0.781. The highest BCUT2D eigenvalue weighted by Crippen LogP contribution is 2.25. The van der Waals surface area contributed by atoms with Crippen molar-refractivity contribution in [2.45, 2.75) is 16.1 Å². The number of hydrogen-bond donors (Lipinski definition) is 0. The van der Waals surface area contributed by atoms with Gasteiger partial charge in [-0.15, -0.1) is 0 Å². The molecule has 94 valence electrons. The third-order valence-electron chi connectivity index (χ3n) is 2.62. The summed E-state index contributed by atoms with van der Waals surface area (Å²) in [5.41, 5.74) is 0. The van der Waals surface area contributed by atoms with Crippen LogP contribution in [0.3, 0.4) is 0 Å². The Morgan fingerprint density at radius 1 is 1.29 bits per heavy atom. The van der Waals surface area contributed by atoms with Crippen molar-refractivity contribution in [1.29, 1.82) is 0 Å². The van der Waals surface area contributed by atoms with Crippen molar-refractivity contribution in [2.75, 3.05) is 13.1 Å². The van der Waals surface area contributed by atoms with Gasteiger partial charge in [0.25, 0.3) is 0 Å². The fourth-order valence-corrected chi connectivity index (χ4v) is 3.95. The smallest absolute Gasteiger partial charge is 0.207 e. The Labute approximate surface area is 107 Å². The topological polar surface area (TPSA) is 37.4 Å². The first-order chi connectivity index (χ1) is 7.91. The van der Waals surface area contributed by atoms with Crippen molar-refractivity contribution >= 4 is 26.0 Å². The lowest BCUT2D eigenvalue weighted by atomic mass is 10.3. The Morgan fingerprint density at radius 2 is 2.00 bits per heavy atom. The van der Waals surface area contributed by atoms with Crippen LogP contribution in [0.5, 0.6) is 0 Å². The van der Waals surface area contributed by atoms with Gasteiger partial charge in [-0.05, 0) is 24.6 Å². The van der Waals surface area contributed by atoms with Gasteiger partial charge in [0, 0.05) is 17.9 Å². The maximum atomic E-state index is 13.0. The second-order valence-electron chi connectivity index (χ2n) is 3.82. The molecule has 0 radical (unpaired) electrons. The monoisotopic (exact) mass is 325 g/mol. The van der Waals surface area contributed by atoms with E-state index < -0.39 is 21.7 Å². The molecule has 1 atom stereocenters. The summed E-state index contributed by atoms with van der Waals surface area (Å²) in [5.74, 6) is -2.20. The molecule has 0 amide bonds. The zero-order chi connectivity index (χ0) is 12.6. The van der Waals surface area contributed by atoms with Crippen LogP contribution >= 0.6 is 15.9 Å². The fourth-order valence-electron chi connectivity index (χ4n) is 1.69. The Hall–Kier alpha value is -0.530. The van der Waals surface area contributed by atoms with Gasteiger partial charge >= 0.3 is 0 Å². The first-order valence-corrected chi connectivity index (χ1v) is 7.36. The number of alkyl halides is 1. The molecule has 1 aromatic rings. The Bertz CT molecular complexity index is 535. The van der Waals surface area contributed by atoms with Crippen LogP contribution in [0.1, 0.15) is 6.42 Å². The largest absolute Gasteiger partial charge is 0.243 e. The van der Waals surface area contributed by atoms with Crippen LogP contribution < -0.4 is 0 Å². The summed E-state index contributed by atoms with van der Waals surface area (Å²) in [6, 6.07) is 2.62. The van der Waals surface area contributed by atoms with Crippen molar-refractivity contribution in [2.24, 2.45) is 0 Å². The fraction of sp³-hybridized carbons (Fsp3) is 0.400. The van der Waals surface area contributed by atoms with E-state index in [1.54, 1.807) is 0 Å². The van der Waals surface area contributed by atoms with Crippen LogP contribution in [0, 0.1) is 11.6 Å². The van der Waals surface area contributed by atoms with E-state index in [4.69, 9.17) is 0 Å². The lowest BCUT2D eigenvalue weighted by molar-refractivity contribution is 0.474. The minimum atomic E-state index is -3.71. The zero-order valence-corrected chi connectivity index (χ0v) is 11.1. The highest BCUT2D eigenvalue weighted by atomic mass is 79.9. The van der Waals surface area contributed by atoms with E-state index >= 15 is 0 Å². The van der Waals surface area contributed by atoms with Gasteiger partial charge in [-0.25, -0.2) is 17.2 Å². The van der Waals surface area contributed by atoms with Crippen LogP contribution in [0.25, 0.3) is 0 Å². The maximum absolute atomic E-state index is 13.0. The molecule has 2 rings (SSSR count). The van der Waals surface area contributed by atoms with Crippen molar-refractivity contribution in [3.8, 4) is 0 Å². The normalized spacial score (nSPS) is 21.9. The van der Waals surface area contributed by atoms with Crippen molar-refractivity contribution in [1.82, 2.24) is 4.31 Å². The second-order valence-corrected chi connectivity index (χ2v) is 7.06. The molecule has 0 spiro atoms. The van der Waals surface area contributed by atoms with Crippen LogP contribution in [-0.4, -0.2) is 30.6 Å². The molecule has 1 heterocycles. The van der Waals surface area contributed by atoms with E-state index in [1.807, 2.05) is 0 Å². The molecule has 7 heteroatoms. The van der Waals surface area contributed by atoms with E-state index in [9.17, 15) is 17.2 Å². The van der Waals surface area contributed by atoms with Gasteiger partial charge in [0.05, 0.1) is 4.90 Å². The molecule has 1 aliphatic rings. The predicted octanol–water partition coefficient (Wildman–Crippen LogP) is 2.12. The summed E-state index contributed by atoms with van der Waals surface area (Å²) >= 11 is 3.33. The molecule has 17 heavy (non-hydrogen) atoms. The number of nitrogens with zero attached hydrogens (tertiary/aromatic N) is 1. The predicted molar refractivity (Wildman–Crippen MR) is 62.4 cm³/mol. The zero-order valence-electron chi connectivity index (χ0n) is 8.74. The van der Waals surface area contributed by atoms with Gasteiger partial charge in [-0.1, -0.05) is 15.9 Å². The van der Waals surface area contributed by atoms with Crippen molar-refractivity contribution in [3.63, 3.8) is 0 Å². The first kappa shape index (κ1) is 12.9. The summed E-state index contributed by atoms with van der Waals surface area (Å²) in [5, 5.41) is 0. The maximum Gasteiger partial charge on any atom is 0.243 e. The Kier molecular flexibility index (Phi) is 3.51. The van der Waals surface area contributed by atoms with Crippen LogP contribution in [0.2, 0.25) is 0 Å². The summed E-state index contributed by atoms with van der Waals surface area (Å²) in [6.07, 6.45) is 0.711. The third-order valence-corrected chi connectivity index (χ3v) is 5.23. The van der Waals surface area contributed by atoms with Gasteiger partial charge in [0.2, 0.25) is 10.0 Å². The lowest BCUT2D eigenvalue weighted by Gasteiger charge is -2.15. The molecule has 1 aliphatic heterocycles. The Balaban J connectivity index is 2.35. The van der Waals surface area contributed by atoms with Crippen LogP contribution in [0.15, 0.2) is 23.1 Å². The van der Waals surface area contributed by atoms with E-state index in [1.165, 1.54) is 4.31 Å².